The Balaban J connectivity index is 1.11. The fourth-order valence-electron chi connectivity index (χ4n) is 6.57. The number of anilines is 2. The summed E-state index contributed by atoms with van der Waals surface area (Å²) in [4.78, 5) is 17.3. The molecule has 7 rings (SSSR count). The van der Waals surface area contributed by atoms with Crippen LogP contribution in [0.15, 0.2) is 67.1 Å². The molecule has 4 saturated carbocycles. The Morgan fingerprint density at radius 1 is 0.903 bits per heavy atom. The third-order valence-electron chi connectivity index (χ3n) is 7.48. The van der Waals surface area contributed by atoms with Crippen LogP contribution in [0.2, 0.25) is 0 Å². The van der Waals surface area contributed by atoms with Crippen molar-refractivity contribution in [3.05, 3.63) is 72.7 Å². The van der Waals surface area contributed by atoms with Crippen molar-refractivity contribution in [1.82, 2.24) is 9.55 Å². The lowest BCUT2D eigenvalue weighted by Gasteiger charge is -2.57. The van der Waals surface area contributed by atoms with Crippen LogP contribution in [0.4, 0.5) is 11.5 Å². The monoisotopic (exact) mass is 412 g/mol. The van der Waals surface area contributed by atoms with Gasteiger partial charge in [0.1, 0.15) is 5.82 Å². The lowest BCUT2D eigenvalue weighted by molar-refractivity contribution is 0.0105. The maximum Gasteiger partial charge on any atom is 0.255 e. The summed E-state index contributed by atoms with van der Waals surface area (Å²) in [7, 11) is 0. The van der Waals surface area contributed by atoms with Gasteiger partial charge in [0, 0.05) is 29.2 Å². The van der Waals surface area contributed by atoms with Crippen LogP contribution in [0.3, 0.4) is 0 Å². The molecule has 31 heavy (non-hydrogen) atoms. The second-order valence-electron chi connectivity index (χ2n) is 9.85. The topological polar surface area (TPSA) is 59.0 Å². The summed E-state index contributed by atoms with van der Waals surface area (Å²) in [6.45, 7) is 0. The summed E-state index contributed by atoms with van der Waals surface area (Å²) in [6, 6.07) is 15.5. The van der Waals surface area contributed by atoms with Gasteiger partial charge in [0.25, 0.3) is 5.91 Å². The van der Waals surface area contributed by atoms with E-state index in [2.05, 4.69) is 15.6 Å². The average Bonchev–Trinajstić information content (AvgIpc) is 3.29. The van der Waals surface area contributed by atoms with Gasteiger partial charge >= 0.3 is 0 Å². The van der Waals surface area contributed by atoms with E-state index in [1.54, 1.807) is 6.20 Å². The molecule has 0 unspecified atom stereocenters. The van der Waals surface area contributed by atoms with Gasteiger partial charge in [-0.2, -0.15) is 0 Å². The molecule has 5 heteroatoms. The zero-order valence-corrected chi connectivity index (χ0v) is 17.6. The minimum atomic E-state index is -0.123. The summed E-state index contributed by atoms with van der Waals surface area (Å²) >= 11 is 0. The molecule has 4 aliphatic carbocycles. The van der Waals surface area contributed by atoms with Crippen LogP contribution in [-0.4, -0.2) is 21.0 Å². The Bertz CT molecular complexity index is 1030. The normalized spacial score (nSPS) is 28.5. The van der Waals surface area contributed by atoms with Crippen LogP contribution in [0.25, 0.3) is 5.69 Å². The maximum atomic E-state index is 12.6. The van der Waals surface area contributed by atoms with Crippen molar-refractivity contribution in [1.29, 1.82) is 0 Å². The first-order chi connectivity index (χ1) is 15.1. The second-order valence-corrected chi connectivity index (χ2v) is 9.85. The zero-order chi connectivity index (χ0) is 20.8. The van der Waals surface area contributed by atoms with Gasteiger partial charge in [-0.25, -0.2) is 4.98 Å². The molecule has 5 nitrogen and oxygen atoms in total. The number of nitrogens with one attached hydrogen (secondary N) is 2. The van der Waals surface area contributed by atoms with E-state index in [4.69, 9.17) is 0 Å². The van der Waals surface area contributed by atoms with Crippen LogP contribution in [0.5, 0.6) is 0 Å². The average molecular weight is 413 g/mol. The number of rotatable bonds is 5. The Morgan fingerprint density at radius 3 is 2.13 bits per heavy atom. The van der Waals surface area contributed by atoms with E-state index in [0.717, 1.165) is 34.9 Å². The highest BCUT2D eigenvalue weighted by Gasteiger charge is 2.51. The minimum Gasteiger partial charge on any atom is -0.365 e. The van der Waals surface area contributed by atoms with Crippen molar-refractivity contribution < 1.29 is 4.79 Å². The number of hydrogen-bond donors (Lipinski definition) is 2. The van der Waals surface area contributed by atoms with Crippen LogP contribution in [-0.2, 0) is 0 Å². The number of aromatic nitrogens is 2. The Hall–Kier alpha value is -3.08. The van der Waals surface area contributed by atoms with E-state index in [1.165, 1.54) is 38.5 Å². The molecule has 2 aromatic heterocycles. The summed E-state index contributed by atoms with van der Waals surface area (Å²) in [6.07, 6.45) is 13.9. The number of nitrogens with zero attached hydrogens (tertiary/aromatic N) is 2. The summed E-state index contributed by atoms with van der Waals surface area (Å²) < 4.78 is 2.02. The molecule has 2 heterocycles. The standard InChI is InChI=1S/C26H28N4O/c31-25(21-3-6-23(7-4-21)30-9-1-2-10-30)28-22-5-8-24(27-17-22)29-26-14-18-11-19(15-26)13-20(12-18)16-26/h1-10,17-20H,11-16H2,(H,27,29)(H,28,31). The minimum absolute atomic E-state index is 0.123. The van der Waals surface area contributed by atoms with Crippen LogP contribution >= 0.6 is 0 Å². The largest absolute Gasteiger partial charge is 0.365 e. The lowest BCUT2D eigenvalue weighted by Crippen LogP contribution is -2.54. The van der Waals surface area contributed by atoms with Gasteiger partial charge < -0.3 is 15.2 Å². The number of pyridine rings is 1. The Kier molecular flexibility index (Phi) is 4.37. The van der Waals surface area contributed by atoms with E-state index in [1.807, 2.05) is 65.5 Å². The quantitative estimate of drug-likeness (QED) is 0.581. The molecule has 4 aliphatic rings. The van der Waals surface area contributed by atoms with Gasteiger partial charge in [0.2, 0.25) is 0 Å². The number of benzene rings is 1. The number of hydrogen-bond acceptors (Lipinski definition) is 3. The molecule has 0 aliphatic heterocycles. The zero-order valence-electron chi connectivity index (χ0n) is 17.6. The van der Waals surface area contributed by atoms with Crippen molar-refractivity contribution in [2.24, 2.45) is 17.8 Å². The molecule has 0 saturated heterocycles. The maximum absolute atomic E-state index is 12.6. The molecule has 1 aromatic carbocycles. The Labute approximate surface area is 182 Å². The summed E-state index contributed by atoms with van der Waals surface area (Å²) in [5.41, 5.74) is 2.62. The molecular formula is C26H28N4O. The smallest absolute Gasteiger partial charge is 0.255 e. The number of carbonyl (C=O) groups excluding carboxylic acids is 1. The van der Waals surface area contributed by atoms with E-state index < -0.39 is 0 Å². The number of carbonyl (C=O) groups is 1. The van der Waals surface area contributed by atoms with Gasteiger partial charge in [-0.05, 0) is 105 Å². The molecule has 4 bridgehead atoms. The van der Waals surface area contributed by atoms with Crippen LogP contribution in [0, 0.1) is 17.8 Å². The van der Waals surface area contributed by atoms with Crippen molar-refractivity contribution in [3.63, 3.8) is 0 Å². The predicted molar refractivity (Wildman–Crippen MR) is 122 cm³/mol. The fourth-order valence-corrected chi connectivity index (χ4v) is 6.57. The van der Waals surface area contributed by atoms with E-state index >= 15 is 0 Å². The van der Waals surface area contributed by atoms with E-state index in [-0.39, 0.29) is 11.4 Å². The van der Waals surface area contributed by atoms with Crippen molar-refractivity contribution in [3.8, 4) is 5.69 Å². The van der Waals surface area contributed by atoms with E-state index in [9.17, 15) is 4.79 Å². The third kappa shape index (κ3) is 3.62. The van der Waals surface area contributed by atoms with Gasteiger partial charge in [0.05, 0.1) is 11.9 Å². The van der Waals surface area contributed by atoms with Gasteiger partial charge in [-0.3, -0.25) is 4.79 Å². The molecule has 4 fully saturated rings. The van der Waals surface area contributed by atoms with Gasteiger partial charge in [0.15, 0.2) is 0 Å². The second kappa shape index (κ2) is 7.26. The third-order valence-corrected chi connectivity index (χ3v) is 7.48. The van der Waals surface area contributed by atoms with Gasteiger partial charge in [-0.1, -0.05) is 0 Å². The molecular weight excluding hydrogens is 384 g/mol. The molecule has 158 valence electrons. The first kappa shape index (κ1) is 18.7. The van der Waals surface area contributed by atoms with Crippen LogP contribution < -0.4 is 10.6 Å². The summed E-state index contributed by atoms with van der Waals surface area (Å²) in [5.74, 6) is 3.52. The van der Waals surface area contributed by atoms with E-state index in [0.29, 0.717) is 5.56 Å². The highest BCUT2D eigenvalue weighted by atomic mass is 16.1. The van der Waals surface area contributed by atoms with Crippen molar-refractivity contribution in [2.45, 2.75) is 44.1 Å². The molecule has 3 aromatic rings. The fraction of sp³-hybridized carbons (Fsp3) is 0.385. The van der Waals surface area contributed by atoms with Crippen molar-refractivity contribution in [2.75, 3.05) is 10.6 Å². The first-order valence-corrected chi connectivity index (χ1v) is 11.4. The predicted octanol–water partition coefficient (Wildman–Crippen LogP) is 5.51. The van der Waals surface area contributed by atoms with Crippen molar-refractivity contribution >= 4 is 17.4 Å². The first-order valence-electron chi connectivity index (χ1n) is 11.4. The SMILES string of the molecule is O=C(Nc1ccc(NC23CC4CC(CC(C4)C2)C3)nc1)c1ccc(-n2cccc2)cc1. The highest BCUT2D eigenvalue weighted by molar-refractivity contribution is 6.04. The molecule has 0 atom stereocenters. The molecule has 0 radical (unpaired) electrons. The molecule has 2 N–H and O–H groups in total. The molecule has 1 amide bonds. The summed E-state index contributed by atoms with van der Waals surface area (Å²) in [5, 5.41) is 6.76. The molecule has 0 spiro atoms. The Morgan fingerprint density at radius 2 is 1.55 bits per heavy atom. The highest BCUT2D eigenvalue weighted by Crippen LogP contribution is 2.56. The number of amides is 1. The van der Waals surface area contributed by atoms with Gasteiger partial charge in [-0.15, -0.1) is 0 Å². The van der Waals surface area contributed by atoms with Crippen LogP contribution in [0.1, 0.15) is 48.9 Å². The lowest BCUT2D eigenvalue weighted by atomic mass is 9.53.